The van der Waals surface area contributed by atoms with Gasteiger partial charge in [0.05, 0.1) is 13.2 Å². The van der Waals surface area contributed by atoms with Gasteiger partial charge in [-0.05, 0) is 38.4 Å². The van der Waals surface area contributed by atoms with Gasteiger partial charge in [-0.3, -0.25) is 9.69 Å². The second-order valence-corrected chi connectivity index (χ2v) is 6.58. The van der Waals surface area contributed by atoms with Gasteiger partial charge in [-0.1, -0.05) is 0 Å². The number of amides is 1. The van der Waals surface area contributed by atoms with Crippen molar-refractivity contribution in [2.24, 2.45) is 0 Å². The van der Waals surface area contributed by atoms with Gasteiger partial charge in [-0.25, -0.2) is 0 Å². The van der Waals surface area contributed by atoms with Gasteiger partial charge in [0, 0.05) is 25.6 Å². The van der Waals surface area contributed by atoms with E-state index in [2.05, 4.69) is 20.2 Å². The number of rotatable bonds is 3. The summed E-state index contributed by atoms with van der Waals surface area (Å²) in [5.41, 5.74) is 0.737. The Bertz CT molecular complexity index is 752. The molecule has 128 valence electrons. The smallest absolute Gasteiger partial charge is 0.239 e. The fourth-order valence-electron chi connectivity index (χ4n) is 3.76. The molecule has 0 aromatic carbocycles. The van der Waals surface area contributed by atoms with Gasteiger partial charge in [0.25, 0.3) is 0 Å². The van der Waals surface area contributed by atoms with E-state index in [1.165, 1.54) is 0 Å². The van der Waals surface area contributed by atoms with Crippen LogP contribution in [0, 0.1) is 0 Å². The summed E-state index contributed by atoms with van der Waals surface area (Å²) in [6.45, 7) is 2.68. The van der Waals surface area contributed by atoms with Crippen molar-refractivity contribution in [1.82, 2.24) is 29.6 Å². The Hall–Kier alpha value is -2.22. The van der Waals surface area contributed by atoms with Crippen molar-refractivity contribution in [2.45, 2.75) is 31.2 Å². The van der Waals surface area contributed by atoms with E-state index in [-0.39, 0.29) is 11.9 Å². The molecule has 1 atom stereocenters. The molecule has 4 heterocycles. The highest BCUT2D eigenvalue weighted by Gasteiger charge is 2.36. The maximum absolute atomic E-state index is 12.2. The molecule has 0 bridgehead atoms. The maximum Gasteiger partial charge on any atom is 0.239 e. The molecule has 2 aromatic rings. The van der Waals surface area contributed by atoms with Crippen LogP contribution in [0.4, 0.5) is 0 Å². The van der Waals surface area contributed by atoms with Gasteiger partial charge in [0.1, 0.15) is 0 Å². The summed E-state index contributed by atoms with van der Waals surface area (Å²) in [6, 6.07) is 3.72. The minimum Gasteiger partial charge on any atom is -0.480 e. The summed E-state index contributed by atoms with van der Waals surface area (Å²) in [7, 11) is 3.49. The molecule has 0 spiro atoms. The van der Waals surface area contributed by atoms with Crippen molar-refractivity contribution >= 4 is 11.6 Å². The number of carbonyl (C=O) groups is 1. The fourth-order valence-corrected chi connectivity index (χ4v) is 3.76. The van der Waals surface area contributed by atoms with E-state index in [1.54, 1.807) is 17.7 Å². The van der Waals surface area contributed by atoms with Crippen LogP contribution in [0.3, 0.4) is 0 Å². The molecular formula is C16H22N6O2. The Kier molecular flexibility index (Phi) is 3.84. The molecule has 2 aliphatic rings. The molecule has 2 aliphatic heterocycles. The Morgan fingerprint density at radius 2 is 1.92 bits per heavy atom. The number of ether oxygens (including phenoxy) is 1. The molecular weight excluding hydrogens is 308 g/mol. The zero-order valence-electron chi connectivity index (χ0n) is 14.1. The van der Waals surface area contributed by atoms with Crippen LogP contribution in [0.2, 0.25) is 0 Å². The highest BCUT2D eigenvalue weighted by molar-refractivity contribution is 5.83. The number of aromatic nitrogens is 4. The molecule has 0 N–H and O–H groups in total. The molecule has 4 rings (SSSR count). The molecule has 8 heteroatoms. The monoisotopic (exact) mass is 330 g/mol. The van der Waals surface area contributed by atoms with E-state index in [0.717, 1.165) is 50.4 Å². The second-order valence-electron chi connectivity index (χ2n) is 6.58. The highest BCUT2D eigenvalue weighted by Crippen LogP contribution is 2.29. The lowest BCUT2D eigenvalue weighted by atomic mass is 9.95. The van der Waals surface area contributed by atoms with Crippen molar-refractivity contribution in [3.8, 4) is 5.88 Å². The Balaban J connectivity index is 1.49. The Morgan fingerprint density at radius 1 is 1.12 bits per heavy atom. The molecule has 8 nitrogen and oxygen atoms in total. The predicted octanol–water partition coefficient (Wildman–Crippen LogP) is 0.543. The number of hydrogen-bond acceptors (Lipinski definition) is 6. The highest BCUT2D eigenvalue weighted by atomic mass is 16.5. The number of carbonyl (C=O) groups excluding carboxylic acids is 1. The van der Waals surface area contributed by atoms with E-state index in [9.17, 15) is 4.79 Å². The minimum absolute atomic E-state index is 0.0595. The number of likely N-dealkylation sites (tertiary alicyclic amines) is 2. The van der Waals surface area contributed by atoms with Gasteiger partial charge in [-0.15, -0.1) is 15.3 Å². The quantitative estimate of drug-likeness (QED) is 0.818. The van der Waals surface area contributed by atoms with Crippen molar-refractivity contribution in [1.29, 1.82) is 0 Å². The lowest BCUT2D eigenvalue weighted by molar-refractivity contribution is -0.131. The summed E-state index contributed by atoms with van der Waals surface area (Å²) in [6.07, 6.45) is 2.87. The molecule has 1 unspecified atom stereocenters. The first-order valence-corrected chi connectivity index (χ1v) is 8.43. The van der Waals surface area contributed by atoms with E-state index < -0.39 is 0 Å². The molecule has 1 amide bonds. The largest absolute Gasteiger partial charge is 0.480 e. The standard InChI is InChI=1S/C16H22N6O2/c1-20-8-7-12(16(20)23)21-9-5-11(6-10-21)15-18-17-13-3-4-14(24-2)19-22(13)15/h3-4,11-12H,5-10H2,1-2H3. The van der Waals surface area contributed by atoms with E-state index in [4.69, 9.17) is 4.74 Å². The third kappa shape index (κ3) is 2.50. The normalized spacial score (nSPS) is 23.3. The molecule has 0 saturated carbocycles. The van der Waals surface area contributed by atoms with Gasteiger partial charge in [0.15, 0.2) is 11.5 Å². The SMILES string of the molecule is COc1ccc2nnc(C3CCN(C4CCN(C)C4=O)CC3)n2n1. The number of fused-ring (bicyclic) bond motifs is 1. The first kappa shape index (κ1) is 15.3. The fraction of sp³-hybridized carbons (Fsp3) is 0.625. The summed E-state index contributed by atoms with van der Waals surface area (Å²) in [4.78, 5) is 16.3. The topological polar surface area (TPSA) is 75.9 Å². The third-order valence-corrected chi connectivity index (χ3v) is 5.21. The molecule has 0 aliphatic carbocycles. The lowest BCUT2D eigenvalue weighted by Gasteiger charge is -2.34. The van der Waals surface area contributed by atoms with E-state index in [1.807, 2.05) is 18.0 Å². The average Bonchev–Trinajstić information content (AvgIpc) is 3.18. The summed E-state index contributed by atoms with van der Waals surface area (Å²) in [5.74, 6) is 2.01. The van der Waals surface area contributed by atoms with Gasteiger partial charge in [-0.2, -0.15) is 4.52 Å². The van der Waals surface area contributed by atoms with Crippen LogP contribution in [-0.2, 0) is 4.79 Å². The van der Waals surface area contributed by atoms with Gasteiger partial charge < -0.3 is 9.64 Å². The van der Waals surface area contributed by atoms with E-state index >= 15 is 0 Å². The van der Waals surface area contributed by atoms with Crippen molar-refractivity contribution < 1.29 is 9.53 Å². The number of hydrogen-bond donors (Lipinski definition) is 0. The van der Waals surface area contributed by atoms with Crippen molar-refractivity contribution in [3.05, 3.63) is 18.0 Å². The molecule has 2 saturated heterocycles. The van der Waals surface area contributed by atoms with Gasteiger partial charge in [0.2, 0.25) is 11.8 Å². The first-order valence-electron chi connectivity index (χ1n) is 8.43. The zero-order valence-corrected chi connectivity index (χ0v) is 14.1. The number of piperidine rings is 1. The summed E-state index contributed by atoms with van der Waals surface area (Å²) >= 11 is 0. The second kappa shape index (κ2) is 6.01. The third-order valence-electron chi connectivity index (χ3n) is 5.21. The molecule has 2 aromatic heterocycles. The zero-order chi connectivity index (χ0) is 16.7. The van der Waals surface area contributed by atoms with Crippen LogP contribution in [0.5, 0.6) is 5.88 Å². The maximum atomic E-state index is 12.2. The Labute approximate surface area is 140 Å². The van der Waals surface area contributed by atoms with Crippen LogP contribution >= 0.6 is 0 Å². The lowest BCUT2D eigenvalue weighted by Crippen LogP contribution is -2.45. The number of nitrogens with zero attached hydrogens (tertiary/aromatic N) is 6. The molecule has 0 radical (unpaired) electrons. The first-order chi connectivity index (χ1) is 11.7. The number of likely N-dealkylation sites (N-methyl/N-ethyl adjacent to an activating group) is 1. The van der Waals surface area contributed by atoms with Crippen LogP contribution in [0.25, 0.3) is 5.65 Å². The predicted molar refractivity (Wildman–Crippen MR) is 86.9 cm³/mol. The average molecular weight is 330 g/mol. The summed E-state index contributed by atoms with van der Waals surface area (Å²) in [5, 5.41) is 13.0. The van der Waals surface area contributed by atoms with Gasteiger partial charge >= 0.3 is 0 Å². The van der Waals surface area contributed by atoms with Crippen LogP contribution in [-0.4, -0.2) is 75.4 Å². The minimum atomic E-state index is 0.0595. The number of methoxy groups -OCH3 is 1. The Morgan fingerprint density at radius 3 is 2.58 bits per heavy atom. The van der Waals surface area contributed by atoms with Crippen LogP contribution in [0.15, 0.2) is 12.1 Å². The van der Waals surface area contributed by atoms with E-state index in [0.29, 0.717) is 11.8 Å². The molecule has 2 fully saturated rings. The summed E-state index contributed by atoms with van der Waals surface area (Å²) < 4.78 is 6.99. The van der Waals surface area contributed by atoms with Crippen molar-refractivity contribution in [2.75, 3.05) is 33.8 Å². The van der Waals surface area contributed by atoms with Crippen LogP contribution in [0.1, 0.15) is 31.0 Å². The molecule has 24 heavy (non-hydrogen) atoms. The van der Waals surface area contributed by atoms with Crippen molar-refractivity contribution in [3.63, 3.8) is 0 Å². The van der Waals surface area contributed by atoms with Crippen LogP contribution < -0.4 is 4.74 Å².